The molecule has 116 valence electrons. The second kappa shape index (κ2) is 6.57. The maximum atomic E-state index is 12.0. The lowest BCUT2D eigenvalue weighted by atomic mass is 10.2. The lowest BCUT2D eigenvalue weighted by Crippen LogP contribution is -2.37. The first-order chi connectivity index (χ1) is 9.95. The third-order valence-electron chi connectivity index (χ3n) is 3.24. The van der Waals surface area contributed by atoms with Crippen molar-refractivity contribution in [2.24, 2.45) is 5.73 Å². The predicted octanol–water partition coefficient (Wildman–Crippen LogP) is 1.12. The summed E-state index contributed by atoms with van der Waals surface area (Å²) >= 11 is 3.14. The van der Waals surface area contributed by atoms with E-state index < -0.39 is 5.91 Å². The van der Waals surface area contributed by atoms with Crippen molar-refractivity contribution in [1.29, 1.82) is 0 Å². The van der Waals surface area contributed by atoms with E-state index in [0.29, 0.717) is 21.7 Å². The number of anilines is 2. The Hall–Kier alpha value is -1.41. The number of nitrogen functional groups attached to an aromatic ring is 1. The summed E-state index contributed by atoms with van der Waals surface area (Å²) in [5.41, 5.74) is 11.9. The second-order valence-corrected chi connectivity index (χ2v) is 7.42. The molecule has 0 bridgehead atoms. The van der Waals surface area contributed by atoms with Gasteiger partial charge in [-0.05, 0) is 6.92 Å². The summed E-state index contributed by atoms with van der Waals surface area (Å²) in [6.07, 6.45) is 0. The number of thioether (sulfide) groups is 1. The third kappa shape index (κ3) is 3.26. The Morgan fingerprint density at radius 2 is 2.19 bits per heavy atom. The molecule has 8 heteroatoms. The fraction of sp³-hybridized carbons (Fsp3) is 0.538. The van der Waals surface area contributed by atoms with Crippen molar-refractivity contribution >= 4 is 45.6 Å². The smallest absolute Gasteiger partial charge is 0.263 e. The first-order valence-corrected chi connectivity index (χ1v) is 8.69. The molecule has 1 atom stereocenters. The number of amides is 2. The Morgan fingerprint density at radius 1 is 1.48 bits per heavy atom. The topological polar surface area (TPSA) is 101 Å². The summed E-state index contributed by atoms with van der Waals surface area (Å²) in [6, 6.07) is 0. The molecule has 2 amide bonds. The Bertz CT molecular complexity index is 559. The van der Waals surface area contributed by atoms with Crippen LogP contribution in [0, 0.1) is 0 Å². The molecule has 1 aliphatic rings. The number of nitrogens with zero attached hydrogens (tertiary/aromatic N) is 1. The number of nitrogens with two attached hydrogens (primary N) is 2. The van der Waals surface area contributed by atoms with Gasteiger partial charge in [-0.25, -0.2) is 0 Å². The van der Waals surface area contributed by atoms with E-state index >= 15 is 0 Å². The average molecular weight is 328 g/mol. The highest BCUT2D eigenvalue weighted by atomic mass is 32.2. The van der Waals surface area contributed by atoms with Crippen molar-refractivity contribution in [1.82, 2.24) is 5.32 Å². The van der Waals surface area contributed by atoms with Gasteiger partial charge in [-0.3, -0.25) is 9.59 Å². The van der Waals surface area contributed by atoms with E-state index in [4.69, 9.17) is 11.5 Å². The molecule has 1 aliphatic heterocycles. The lowest BCUT2D eigenvalue weighted by molar-refractivity contribution is 0.0960. The van der Waals surface area contributed by atoms with Crippen LogP contribution in [0.4, 0.5) is 10.7 Å². The molecule has 1 unspecified atom stereocenters. The van der Waals surface area contributed by atoms with Crippen LogP contribution in [0.25, 0.3) is 0 Å². The molecule has 1 fully saturated rings. The van der Waals surface area contributed by atoms with Crippen LogP contribution in [-0.4, -0.2) is 42.5 Å². The fourth-order valence-electron chi connectivity index (χ4n) is 2.30. The van der Waals surface area contributed by atoms with E-state index in [-0.39, 0.29) is 17.2 Å². The first-order valence-electron chi connectivity index (χ1n) is 6.82. The number of hydrogen-bond donors (Lipinski definition) is 3. The Labute approximate surface area is 132 Å². The van der Waals surface area contributed by atoms with E-state index in [1.54, 1.807) is 0 Å². The van der Waals surface area contributed by atoms with Crippen molar-refractivity contribution in [3.8, 4) is 0 Å². The molecule has 0 spiro atoms. The second-order valence-electron chi connectivity index (χ2n) is 4.88. The van der Waals surface area contributed by atoms with Gasteiger partial charge in [-0.15, -0.1) is 11.3 Å². The molecule has 1 aromatic heterocycles. The maximum absolute atomic E-state index is 12.0. The number of rotatable bonds is 4. The molecule has 1 saturated heterocycles. The fourth-order valence-corrected chi connectivity index (χ4v) is 4.50. The number of nitrogens with one attached hydrogen (secondary N) is 1. The highest BCUT2D eigenvalue weighted by Crippen LogP contribution is 2.39. The van der Waals surface area contributed by atoms with Crippen molar-refractivity contribution in [3.05, 3.63) is 10.4 Å². The number of primary amides is 1. The van der Waals surface area contributed by atoms with Crippen LogP contribution in [0.5, 0.6) is 0 Å². The number of hydrogen-bond acceptors (Lipinski definition) is 6. The quantitative estimate of drug-likeness (QED) is 0.769. The van der Waals surface area contributed by atoms with E-state index in [9.17, 15) is 9.59 Å². The van der Waals surface area contributed by atoms with Gasteiger partial charge >= 0.3 is 0 Å². The Balaban J connectivity index is 2.42. The summed E-state index contributed by atoms with van der Waals surface area (Å²) in [7, 11) is 0. The van der Waals surface area contributed by atoms with Crippen LogP contribution < -0.4 is 21.7 Å². The number of thiophene rings is 1. The van der Waals surface area contributed by atoms with Crippen LogP contribution in [0.15, 0.2) is 0 Å². The predicted molar refractivity (Wildman–Crippen MR) is 89.4 cm³/mol. The summed E-state index contributed by atoms with van der Waals surface area (Å²) < 4.78 is 0. The number of carbonyl (C=O) groups is 2. The van der Waals surface area contributed by atoms with Gasteiger partial charge in [0, 0.05) is 30.6 Å². The van der Waals surface area contributed by atoms with Gasteiger partial charge in [0.15, 0.2) is 0 Å². The van der Waals surface area contributed by atoms with E-state index in [1.807, 2.05) is 18.7 Å². The average Bonchev–Trinajstić information content (AvgIpc) is 2.77. The molecule has 0 aliphatic carbocycles. The highest BCUT2D eigenvalue weighted by molar-refractivity contribution is 8.00. The van der Waals surface area contributed by atoms with Gasteiger partial charge in [-0.1, -0.05) is 6.92 Å². The summed E-state index contributed by atoms with van der Waals surface area (Å²) in [6.45, 7) is 6.13. The molecule has 0 radical (unpaired) electrons. The van der Waals surface area contributed by atoms with Gasteiger partial charge in [0.2, 0.25) is 0 Å². The van der Waals surface area contributed by atoms with Crippen LogP contribution in [0.3, 0.4) is 0 Å². The van der Waals surface area contributed by atoms with Crippen LogP contribution in [0.2, 0.25) is 0 Å². The van der Waals surface area contributed by atoms with Crippen LogP contribution in [-0.2, 0) is 0 Å². The van der Waals surface area contributed by atoms with E-state index in [0.717, 1.165) is 18.8 Å². The van der Waals surface area contributed by atoms with E-state index in [1.165, 1.54) is 11.3 Å². The summed E-state index contributed by atoms with van der Waals surface area (Å²) in [5, 5.41) is 3.89. The SMILES string of the molecule is CCNC(=O)c1sc(N2CCSC(C)C2)c(C(N)=O)c1N. The minimum atomic E-state index is -0.583. The zero-order chi connectivity index (χ0) is 15.6. The van der Waals surface area contributed by atoms with Crippen molar-refractivity contribution in [2.45, 2.75) is 19.1 Å². The monoisotopic (exact) mass is 328 g/mol. The van der Waals surface area contributed by atoms with Crippen LogP contribution in [0.1, 0.15) is 33.9 Å². The van der Waals surface area contributed by atoms with Gasteiger partial charge in [0.1, 0.15) is 9.88 Å². The van der Waals surface area contributed by atoms with E-state index in [2.05, 4.69) is 17.1 Å². The highest BCUT2D eigenvalue weighted by Gasteiger charge is 2.29. The molecule has 1 aromatic rings. The maximum Gasteiger partial charge on any atom is 0.263 e. The molecule has 0 aromatic carbocycles. The molecular formula is C13H20N4O2S2. The van der Waals surface area contributed by atoms with Crippen LogP contribution >= 0.6 is 23.1 Å². The molecule has 2 heterocycles. The zero-order valence-electron chi connectivity index (χ0n) is 12.1. The molecule has 21 heavy (non-hydrogen) atoms. The summed E-state index contributed by atoms with van der Waals surface area (Å²) in [5.74, 6) is 0.140. The molecular weight excluding hydrogens is 308 g/mol. The Kier molecular flexibility index (Phi) is 5.00. The van der Waals surface area contributed by atoms with Crippen molar-refractivity contribution in [2.75, 3.05) is 36.0 Å². The Morgan fingerprint density at radius 3 is 2.76 bits per heavy atom. The molecule has 2 rings (SSSR count). The van der Waals surface area contributed by atoms with Gasteiger partial charge in [0.05, 0.1) is 11.3 Å². The normalized spacial score (nSPS) is 18.6. The van der Waals surface area contributed by atoms with Gasteiger partial charge in [-0.2, -0.15) is 11.8 Å². The van der Waals surface area contributed by atoms with Gasteiger partial charge in [0.25, 0.3) is 11.8 Å². The van der Waals surface area contributed by atoms with Crippen molar-refractivity contribution in [3.63, 3.8) is 0 Å². The lowest BCUT2D eigenvalue weighted by Gasteiger charge is -2.31. The summed E-state index contributed by atoms with van der Waals surface area (Å²) in [4.78, 5) is 26.3. The largest absolute Gasteiger partial charge is 0.397 e. The minimum Gasteiger partial charge on any atom is -0.397 e. The number of carbonyl (C=O) groups excluding carboxylic acids is 2. The first kappa shape index (κ1) is 16.0. The molecule has 0 saturated carbocycles. The zero-order valence-corrected chi connectivity index (χ0v) is 13.8. The molecule has 5 N–H and O–H groups in total. The minimum absolute atomic E-state index is 0.194. The van der Waals surface area contributed by atoms with Crippen molar-refractivity contribution < 1.29 is 9.59 Å². The third-order valence-corrected chi connectivity index (χ3v) is 5.65. The standard InChI is InChI=1S/C13H20N4O2S2/c1-3-16-12(19)10-9(14)8(11(15)18)13(21-10)17-4-5-20-7(2)6-17/h7H,3-6,14H2,1-2H3,(H2,15,18)(H,16,19). The van der Waals surface area contributed by atoms with Gasteiger partial charge < -0.3 is 21.7 Å². The molecule has 6 nitrogen and oxygen atoms in total.